The van der Waals surface area contributed by atoms with E-state index < -0.39 is 11.9 Å². The summed E-state index contributed by atoms with van der Waals surface area (Å²) in [5, 5.41) is 3.03. The van der Waals surface area contributed by atoms with Crippen LogP contribution in [0.15, 0.2) is 66.9 Å². The second-order valence-electron chi connectivity index (χ2n) is 5.83. The van der Waals surface area contributed by atoms with Crippen molar-refractivity contribution >= 4 is 29.3 Å². The summed E-state index contributed by atoms with van der Waals surface area (Å²) in [5.41, 5.74) is 1.62. The molecule has 7 heteroatoms. The summed E-state index contributed by atoms with van der Waals surface area (Å²) < 4.78 is 10.3. The number of hydrogen-bond acceptors (Lipinski definition) is 5. The highest BCUT2D eigenvalue weighted by Gasteiger charge is 2.12. The monoisotopic (exact) mass is 426 g/mol. The minimum atomic E-state index is -0.500. The van der Waals surface area contributed by atoms with Crippen molar-refractivity contribution in [2.24, 2.45) is 0 Å². The lowest BCUT2D eigenvalue weighted by molar-refractivity contribution is 0.0600. The number of nitrogens with one attached hydrogen (secondary N) is 1. The Balaban J connectivity index is 0.00000155. The number of rotatable bonds is 6. The van der Waals surface area contributed by atoms with Crippen LogP contribution >= 0.6 is 11.6 Å². The summed E-state index contributed by atoms with van der Waals surface area (Å²) in [7, 11) is 1.29. The van der Waals surface area contributed by atoms with Gasteiger partial charge in [0.15, 0.2) is 0 Å². The van der Waals surface area contributed by atoms with Gasteiger partial charge in [-0.25, -0.2) is 9.78 Å². The standard InChI is InChI=1S/C21H17ClN2O4.C2H6/c1-27-21(26)15-7-8-19(23-12-15)24-20(25)16-9-17(22)11-18(10-16)28-13-14-5-3-2-4-6-14;1-2/h2-12H,13H2,1H3,(H,23,24,25);1-2H3. The maximum Gasteiger partial charge on any atom is 0.339 e. The lowest BCUT2D eigenvalue weighted by Gasteiger charge is -2.10. The molecule has 1 heterocycles. The summed E-state index contributed by atoms with van der Waals surface area (Å²) in [4.78, 5) is 28.0. The molecule has 0 aliphatic rings. The molecule has 0 atom stereocenters. The Bertz CT molecular complexity index is 976. The van der Waals surface area contributed by atoms with E-state index in [1.54, 1.807) is 12.1 Å². The zero-order valence-corrected chi connectivity index (χ0v) is 17.8. The highest BCUT2D eigenvalue weighted by Crippen LogP contribution is 2.23. The van der Waals surface area contributed by atoms with Crippen molar-refractivity contribution in [3.05, 3.63) is 88.6 Å². The quantitative estimate of drug-likeness (QED) is 0.535. The van der Waals surface area contributed by atoms with Gasteiger partial charge in [-0.15, -0.1) is 0 Å². The Kier molecular flexibility index (Phi) is 8.84. The molecule has 1 amide bonds. The molecule has 3 rings (SSSR count). The molecule has 6 nitrogen and oxygen atoms in total. The molecule has 0 unspecified atom stereocenters. The number of carbonyl (C=O) groups excluding carboxylic acids is 2. The van der Waals surface area contributed by atoms with Crippen molar-refractivity contribution in [1.29, 1.82) is 0 Å². The summed E-state index contributed by atoms with van der Waals surface area (Å²) in [5.74, 6) is -0.120. The van der Waals surface area contributed by atoms with Crippen LogP contribution in [0.2, 0.25) is 5.02 Å². The van der Waals surface area contributed by atoms with Crippen molar-refractivity contribution in [2.45, 2.75) is 20.5 Å². The van der Waals surface area contributed by atoms with Crippen LogP contribution in [-0.2, 0) is 11.3 Å². The Labute approximate surface area is 180 Å². The van der Waals surface area contributed by atoms with Crippen LogP contribution in [0.5, 0.6) is 5.75 Å². The minimum Gasteiger partial charge on any atom is -0.489 e. The second kappa shape index (κ2) is 11.6. The molecule has 0 bridgehead atoms. The molecule has 0 radical (unpaired) electrons. The van der Waals surface area contributed by atoms with Gasteiger partial charge in [-0.05, 0) is 35.9 Å². The molecule has 156 valence electrons. The third-order valence-corrected chi connectivity index (χ3v) is 4.03. The molecule has 1 aromatic heterocycles. The van der Waals surface area contributed by atoms with E-state index in [0.29, 0.717) is 34.3 Å². The van der Waals surface area contributed by atoms with Gasteiger partial charge in [0.25, 0.3) is 5.91 Å². The molecule has 0 spiro atoms. The van der Waals surface area contributed by atoms with Crippen LogP contribution in [0, 0.1) is 0 Å². The van der Waals surface area contributed by atoms with Crippen molar-refractivity contribution in [3.63, 3.8) is 0 Å². The van der Waals surface area contributed by atoms with E-state index >= 15 is 0 Å². The number of nitrogens with zero attached hydrogens (tertiary/aromatic N) is 1. The number of carbonyl (C=O) groups is 2. The SMILES string of the molecule is CC.COC(=O)c1ccc(NC(=O)c2cc(Cl)cc(OCc3ccccc3)c2)nc1. The molecule has 30 heavy (non-hydrogen) atoms. The Morgan fingerprint density at radius 1 is 1.00 bits per heavy atom. The summed E-state index contributed by atoms with van der Waals surface area (Å²) in [6.07, 6.45) is 1.33. The number of aromatic nitrogens is 1. The number of benzene rings is 2. The topological polar surface area (TPSA) is 77.5 Å². The second-order valence-corrected chi connectivity index (χ2v) is 6.26. The van der Waals surface area contributed by atoms with Gasteiger partial charge in [0.1, 0.15) is 18.2 Å². The third-order valence-electron chi connectivity index (χ3n) is 3.81. The number of amides is 1. The first-order chi connectivity index (χ1) is 14.5. The van der Waals surface area contributed by atoms with Crippen LogP contribution in [0.1, 0.15) is 40.1 Å². The molecule has 0 saturated carbocycles. The maximum atomic E-state index is 12.5. The molecule has 2 aromatic carbocycles. The third kappa shape index (κ3) is 6.60. The van der Waals surface area contributed by atoms with Crippen LogP contribution in [0.25, 0.3) is 0 Å². The van der Waals surface area contributed by atoms with Crippen molar-refractivity contribution in [2.75, 3.05) is 12.4 Å². The normalized spacial score (nSPS) is 9.73. The summed E-state index contributed by atoms with van der Waals surface area (Å²) in [6, 6.07) is 17.5. The fraction of sp³-hybridized carbons (Fsp3) is 0.174. The van der Waals surface area contributed by atoms with E-state index in [9.17, 15) is 9.59 Å². The average molecular weight is 427 g/mol. The first-order valence-electron chi connectivity index (χ1n) is 9.38. The van der Waals surface area contributed by atoms with Crippen molar-refractivity contribution in [3.8, 4) is 5.75 Å². The van der Waals surface area contributed by atoms with Gasteiger partial charge in [0.2, 0.25) is 0 Å². The Morgan fingerprint density at radius 2 is 1.73 bits per heavy atom. The highest BCUT2D eigenvalue weighted by atomic mass is 35.5. The summed E-state index contributed by atoms with van der Waals surface area (Å²) in [6.45, 7) is 4.36. The molecular formula is C23H23ClN2O4. The molecule has 0 aliphatic heterocycles. The predicted molar refractivity (Wildman–Crippen MR) is 117 cm³/mol. The van der Waals surface area contributed by atoms with E-state index in [-0.39, 0.29) is 0 Å². The van der Waals surface area contributed by atoms with Gasteiger partial charge in [0.05, 0.1) is 12.7 Å². The molecule has 3 aromatic rings. The number of halogens is 1. The Morgan fingerprint density at radius 3 is 2.37 bits per heavy atom. The largest absolute Gasteiger partial charge is 0.489 e. The average Bonchev–Trinajstić information content (AvgIpc) is 2.79. The van der Waals surface area contributed by atoms with E-state index in [0.717, 1.165) is 5.56 Å². The fourth-order valence-electron chi connectivity index (χ4n) is 2.41. The van der Waals surface area contributed by atoms with E-state index in [4.69, 9.17) is 16.3 Å². The predicted octanol–water partition coefficient (Wildman–Crippen LogP) is 5.38. The lowest BCUT2D eigenvalue weighted by Crippen LogP contribution is -2.13. The molecule has 0 saturated heterocycles. The van der Waals surface area contributed by atoms with Crippen LogP contribution in [-0.4, -0.2) is 24.0 Å². The zero-order chi connectivity index (χ0) is 21.9. The highest BCUT2D eigenvalue weighted by molar-refractivity contribution is 6.31. The number of esters is 1. The molecule has 1 N–H and O–H groups in total. The fourth-order valence-corrected chi connectivity index (χ4v) is 2.64. The van der Waals surface area contributed by atoms with Gasteiger partial charge >= 0.3 is 5.97 Å². The lowest BCUT2D eigenvalue weighted by atomic mass is 10.2. The Hall–Kier alpha value is -3.38. The van der Waals surface area contributed by atoms with Crippen LogP contribution in [0.3, 0.4) is 0 Å². The van der Waals surface area contributed by atoms with E-state index in [1.165, 1.54) is 31.5 Å². The first-order valence-corrected chi connectivity index (χ1v) is 9.76. The maximum absolute atomic E-state index is 12.5. The van der Waals surface area contributed by atoms with Crippen LogP contribution < -0.4 is 10.1 Å². The molecular weight excluding hydrogens is 404 g/mol. The minimum absolute atomic E-state index is 0.292. The van der Waals surface area contributed by atoms with Crippen molar-refractivity contribution < 1.29 is 19.1 Å². The van der Waals surface area contributed by atoms with E-state index in [2.05, 4.69) is 15.0 Å². The van der Waals surface area contributed by atoms with Gasteiger partial charge < -0.3 is 14.8 Å². The molecule has 0 aliphatic carbocycles. The van der Waals surface area contributed by atoms with Gasteiger partial charge in [-0.1, -0.05) is 55.8 Å². The number of pyridine rings is 1. The smallest absolute Gasteiger partial charge is 0.339 e. The number of ether oxygens (including phenoxy) is 2. The zero-order valence-electron chi connectivity index (χ0n) is 17.0. The number of anilines is 1. The number of methoxy groups -OCH3 is 1. The van der Waals surface area contributed by atoms with E-state index in [1.807, 2.05) is 44.2 Å². The molecule has 0 fully saturated rings. The first kappa shape index (κ1) is 22.9. The summed E-state index contributed by atoms with van der Waals surface area (Å²) >= 11 is 6.12. The van der Waals surface area contributed by atoms with Crippen LogP contribution in [0.4, 0.5) is 5.82 Å². The van der Waals surface area contributed by atoms with Gasteiger partial charge in [-0.2, -0.15) is 0 Å². The van der Waals surface area contributed by atoms with Gasteiger partial charge in [-0.3, -0.25) is 4.79 Å². The van der Waals surface area contributed by atoms with Gasteiger partial charge in [0, 0.05) is 16.8 Å². The number of hydrogen-bond donors (Lipinski definition) is 1. The van der Waals surface area contributed by atoms with Crippen molar-refractivity contribution in [1.82, 2.24) is 4.98 Å².